The van der Waals surface area contributed by atoms with Crippen molar-refractivity contribution < 1.29 is 4.74 Å². The van der Waals surface area contributed by atoms with Crippen LogP contribution in [-0.2, 0) is 4.74 Å². The monoisotopic (exact) mass is 117 g/mol. The molecule has 1 fully saturated rings. The summed E-state index contributed by atoms with van der Waals surface area (Å²) < 4.78 is 5.01. The topological polar surface area (TPSA) is 9.23 Å². The Hall–Kier alpha value is 0.310. The van der Waals surface area contributed by atoms with Crippen LogP contribution in [0.25, 0.3) is 0 Å². The van der Waals surface area contributed by atoms with Gasteiger partial charge < -0.3 is 4.74 Å². The van der Waals surface area contributed by atoms with Gasteiger partial charge in [0.25, 0.3) is 0 Å². The highest BCUT2D eigenvalue weighted by molar-refractivity contribution is 7.99. The average molecular weight is 117 g/mol. The molecule has 2 heteroatoms. The van der Waals surface area contributed by atoms with Crippen LogP contribution in [0.4, 0.5) is 0 Å². The maximum absolute atomic E-state index is 5.01. The highest BCUT2D eigenvalue weighted by Crippen LogP contribution is 2.24. The fourth-order valence-electron chi connectivity index (χ4n) is 0.605. The van der Waals surface area contributed by atoms with Crippen LogP contribution in [0.1, 0.15) is 6.42 Å². The van der Waals surface area contributed by atoms with Crippen LogP contribution in [0.15, 0.2) is 0 Å². The third-order valence-corrected chi connectivity index (χ3v) is 2.10. The molecule has 0 bridgehead atoms. The molecule has 0 spiro atoms. The van der Waals surface area contributed by atoms with Gasteiger partial charge in [-0.25, -0.2) is 0 Å². The zero-order chi connectivity index (χ0) is 5.11. The van der Waals surface area contributed by atoms with Gasteiger partial charge in [0.1, 0.15) is 6.10 Å². The molecule has 0 unspecified atom stereocenters. The first-order valence-corrected chi connectivity index (χ1v) is 3.55. The molecule has 1 aliphatic heterocycles. The Morgan fingerprint density at radius 3 is 2.86 bits per heavy atom. The number of methoxy groups -OCH3 is 1. The summed E-state index contributed by atoms with van der Waals surface area (Å²) in [7, 11) is 1.75. The first-order valence-electron chi connectivity index (χ1n) is 2.40. The third-order valence-electron chi connectivity index (χ3n) is 1.08. The van der Waals surface area contributed by atoms with Crippen LogP contribution < -0.4 is 0 Å². The zero-order valence-electron chi connectivity index (χ0n) is 4.44. The van der Waals surface area contributed by atoms with Gasteiger partial charge >= 0.3 is 0 Å². The van der Waals surface area contributed by atoms with Crippen molar-refractivity contribution in [3.05, 3.63) is 6.10 Å². The standard InChI is InChI=1S/C5H9OS/c1-6-5-2-3-7-4-5/h2-4H2,1H3. The number of hydrogen-bond donors (Lipinski definition) is 0. The molecule has 0 aromatic rings. The Labute approximate surface area is 48.4 Å². The third kappa shape index (κ3) is 1.35. The summed E-state index contributed by atoms with van der Waals surface area (Å²) in [6.45, 7) is 0. The maximum Gasteiger partial charge on any atom is 0.107 e. The molecule has 1 saturated heterocycles. The van der Waals surface area contributed by atoms with Crippen molar-refractivity contribution in [1.29, 1.82) is 0 Å². The van der Waals surface area contributed by atoms with Crippen molar-refractivity contribution in [3.63, 3.8) is 0 Å². The molecule has 0 atom stereocenters. The Balaban J connectivity index is 2.14. The molecule has 0 saturated carbocycles. The van der Waals surface area contributed by atoms with Crippen molar-refractivity contribution in [2.24, 2.45) is 0 Å². The van der Waals surface area contributed by atoms with E-state index in [2.05, 4.69) is 0 Å². The predicted molar refractivity (Wildman–Crippen MR) is 32.2 cm³/mol. The molecular weight excluding hydrogens is 108 g/mol. The van der Waals surface area contributed by atoms with E-state index in [9.17, 15) is 0 Å². The molecule has 0 N–H and O–H groups in total. The Morgan fingerprint density at radius 1 is 1.71 bits per heavy atom. The minimum atomic E-state index is 1.12. The second-order valence-electron chi connectivity index (χ2n) is 1.55. The number of rotatable bonds is 1. The summed E-state index contributed by atoms with van der Waals surface area (Å²) in [6, 6.07) is 0. The largest absolute Gasteiger partial charge is 0.374 e. The molecule has 0 amide bonds. The highest BCUT2D eigenvalue weighted by Gasteiger charge is 2.14. The molecular formula is C5H9OS. The van der Waals surface area contributed by atoms with E-state index in [0.29, 0.717) is 0 Å². The zero-order valence-corrected chi connectivity index (χ0v) is 5.25. The summed E-state index contributed by atoms with van der Waals surface area (Å²) in [4.78, 5) is 0. The molecule has 0 aliphatic carbocycles. The van der Waals surface area contributed by atoms with E-state index in [-0.39, 0.29) is 0 Å². The maximum atomic E-state index is 5.01. The number of hydrogen-bond acceptors (Lipinski definition) is 2. The summed E-state index contributed by atoms with van der Waals surface area (Å²) in [5.41, 5.74) is 0. The molecule has 0 aromatic carbocycles. The van der Waals surface area contributed by atoms with Gasteiger partial charge in [-0.3, -0.25) is 0 Å². The summed E-state index contributed by atoms with van der Waals surface area (Å²) >= 11 is 1.94. The smallest absolute Gasteiger partial charge is 0.107 e. The van der Waals surface area contributed by atoms with Crippen molar-refractivity contribution in [3.8, 4) is 0 Å². The Bertz CT molecular complexity index is 50.0. The second-order valence-corrected chi connectivity index (χ2v) is 2.65. The molecule has 1 radical (unpaired) electrons. The van der Waals surface area contributed by atoms with E-state index < -0.39 is 0 Å². The SMILES string of the molecule is CO[C]1CCSC1. The molecule has 1 rings (SSSR count). The lowest BCUT2D eigenvalue weighted by Gasteiger charge is -1.99. The second kappa shape index (κ2) is 2.58. The normalized spacial score (nSPS) is 23.6. The molecule has 7 heavy (non-hydrogen) atoms. The molecule has 1 heterocycles. The van der Waals surface area contributed by atoms with Gasteiger partial charge in [0.2, 0.25) is 0 Å². The highest BCUT2D eigenvalue weighted by atomic mass is 32.2. The van der Waals surface area contributed by atoms with Crippen LogP contribution in [0, 0.1) is 6.10 Å². The van der Waals surface area contributed by atoms with Crippen molar-refractivity contribution in [2.75, 3.05) is 18.6 Å². The van der Waals surface area contributed by atoms with E-state index in [1.165, 1.54) is 18.3 Å². The van der Waals surface area contributed by atoms with Gasteiger partial charge in [0.15, 0.2) is 0 Å². The molecule has 41 valence electrons. The van der Waals surface area contributed by atoms with E-state index in [4.69, 9.17) is 4.74 Å². The van der Waals surface area contributed by atoms with Crippen molar-refractivity contribution in [1.82, 2.24) is 0 Å². The van der Waals surface area contributed by atoms with Crippen molar-refractivity contribution in [2.45, 2.75) is 6.42 Å². The van der Waals surface area contributed by atoms with Gasteiger partial charge in [-0.05, 0) is 12.2 Å². The van der Waals surface area contributed by atoms with Gasteiger partial charge in [0, 0.05) is 12.9 Å². The van der Waals surface area contributed by atoms with Crippen LogP contribution in [-0.4, -0.2) is 18.6 Å². The van der Waals surface area contributed by atoms with Crippen LogP contribution in [0.2, 0.25) is 0 Å². The molecule has 1 aliphatic rings. The van der Waals surface area contributed by atoms with E-state index in [1.807, 2.05) is 11.8 Å². The van der Waals surface area contributed by atoms with E-state index >= 15 is 0 Å². The van der Waals surface area contributed by atoms with Crippen LogP contribution in [0.3, 0.4) is 0 Å². The minimum Gasteiger partial charge on any atom is -0.374 e. The summed E-state index contributed by atoms with van der Waals surface area (Å²) in [5.74, 6) is 2.37. The van der Waals surface area contributed by atoms with Gasteiger partial charge in [-0.2, -0.15) is 11.8 Å². The first kappa shape index (κ1) is 5.45. The van der Waals surface area contributed by atoms with Crippen molar-refractivity contribution >= 4 is 11.8 Å². The van der Waals surface area contributed by atoms with Gasteiger partial charge in [0.05, 0.1) is 0 Å². The Kier molecular flexibility index (Phi) is 2.00. The van der Waals surface area contributed by atoms with E-state index in [1.54, 1.807) is 7.11 Å². The fraction of sp³-hybridized carbons (Fsp3) is 0.800. The first-order chi connectivity index (χ1) is 3.43. The lowest BCUT2D eigenvalue weighted by Crippen LogP contribution is -1.95. The van der Waals surface area contributed by atoms with Crippen LogP contribution in [0.5, 0.6) is 0 Å². The number of thioether (sulfide) groups is 1. The summed E-state index contributed by atoms with van der Waals surface area (Å²) in [5, 5.41) is 0. The number of ether oxygens (including phenoxy) is 1. The van der Waals surface area contributed by atoms with Gasteiger partial charge in [-0.1, -0.05) is 0 Å². The molecule has 0 aromatic heterocycles. The fourth-order valence-corrected chi connectivity index (χ4v) is 1.61. The summed E-state index contributed by atoms with van der Waals surface area (Å²) in [6.07, 6.45) is 2.42. The molecule has 1 nitrogen and oxygen atoms in total. The van der Waals surface area contributed by atoms with Gasteiger partial charge in [-0.15, -0.1) is 0 Å². The average Bonchev–Trinajstić information content (AvgIpc) is 2.14. The lowest BCUT2D eigenvalue weighted by atomic mass is 10.3. The van der Waals surface area contributed by atoms with Crippen LogP contribution >= 0.6 is 11.8 Å². The Morgan fingerprint density at radius 2 is 2.57 bits per heavy atom. The lowest BCUT2D eigenvalue weighted by molar-refractivity contribution is 0.216. The van der Waals surface area contributed by atoms with E-state index in [0.717, 1.165) is 5.75 Å². The minimum absolute atomic E-state index is 1.12. The quantitative estimate of drug-likeness (QED) is 0.512. The predicted octanol–water partition coefficient (Wildman–Crippen LogP) is 1.30.